The van der Waals surface area contributed by atoms with Crippen molar-refractivity contribution in [2.45, 2.75) is 30.9 Å². The highest BCUT2D eigenvalue weighted by Gasteiger charge is 2.29. The molecule has 0 amide bonds. The standard InChI is InChI=1S/C21H26N4O2S/c1-24(2)16-8-6-7-15(13-16)18-14-25(3)21-20(18)19(11-12-22-21)23-28(26,27)17-9-4-5-10-17/h6-8,11-14,17H,4-5,9-10H2,1-3H3,(H,22,23). The number of hydrogen-bond acceptors (Lipinski definition) is 4. The van der Waals surface area contributed by atoms with E-state index in [0.29, 0.717) is 5.69 Å². The molecule has 7 heteroatoms. The SMILES string of the molecule is CN(C)c1cccc(-c2cn(C)c3nccc(NS(=O)(=O)C4CCCC4)c23)c1. The minimum atomic E-state index is -3.41. The molecule has 0 unspecified atom stereocenters. The average molecular weight is 399 g/mol. The van der Waals surface area contributed by atoms with E-state index < -0.39 is 10.0 Å². The Balaban J connectivity index is 1.84. The first-order chi connectivity index (χ1) is 13.4. The first kappa shape index (κ1) is 18.8. The first-order valence-corrected chi connectivity index (χ1v) is 11.1. The van der Waals surface area contributed by atoms with E-state index in [1.54, 1.807) is 12.3 Å². The van der Waals surface area contributed by atoms with E-state index in [0.717, 1.165) is 53.5 Å². The van der Waals surface area contributed by atoms with E-state index in [2.05, 4.69) is 26.7 Å². The molecule has 1 aliphatic carbocycles. The van der Waals surface area contributed by atoms with Gasteiger partial charge in [-0.3, -0.25) is 4.72 Å². The second-order valence-corrected chi connectivity index (χ2v) is 9.67. The lowest BCUT2D eigenvalue weighted by Crippen LogP contribution is -2.25. The van der Waals surface area contributed by atoms with Crippen LogP contribution in [-0.4, -0.2) is 37.3 Å². The van der Waals surface area contributed by atoms with Gasteiger partial charge in [0.25, 0.3) is 0 Å². The number of fused-ring (bicyclic) bond motifs is 1. The van der Waals surface area contributed by atoms with Gasteiger partial charge in [-0.2, -0.15) is 0 Å². The number of hydrogen-bond donors (Lipinski definition) is 1. The van der Waals surface area contributed by atoms with Crippen LogP contribution >= 0.6 is 0 Å². The highest BCUT2D eigenvalue weighted by atomic mass is 32.2. The lowest BCUT2D eigenvalue weighted by Gasteiger charge is -2.15. The average Bonchev–Trinajstić information content (AvgIpc) is 3.31. The fourth-order valence-corrected chi connectivity index (χ4v) is 5.59. The number of aromatic nitrogens is 2. The van der Waals surface area contributed by atoms with Gasteiger partial charge >= 0.3 is 0 Å². The Labute approximate surface area is 166 Å². The minimum Gasteiger partial charge on any atom is -0.378 e. The summed E-state index contributed by atoms with van der Waals surface area (Å²) in [6.07, 6.45) is 7.09. The van der Waals surface area contributed by atoms with Crippen molar-refractivity contribution >= 4 is 32.4 Å². The van der Waals surface area contributed by atoms with Gasteiger partial charge in [-0.05, 0) is 36.6 Å². The van der Waals surface area contributed by atoms with Crippen LogP contribution in [0, 0.1) is 0 Å². The first-order valence-electron chi connectivity index (χ1n) is 9.60. The van der Waals surface area contributed by atoms with Gasteiger partial charge in [0, 0.05) is 44.8 Å². The van der Waals surface area contributed by atoms with Crippen molar-refractivity contribution < 1.29 is 8.42 Å². The zero-order valence-corrected chi connectivity index (χ0v) is 17.3. The van der Waals surface area contributed by atoms with Gasteiger partial charge in [-0.1, -0.05) is 25.0 Å². The maximum absolute atomic E-state index is 12.9. The van der Waals surface area contributed by atoms with Crippen molar-refractivity contribution in [2.75, 3.05) is 23.7 Å². The molecule has 6 nitrogen and oxygen atoms in total. The van der Waals surface area contributed by atoms with Crippen molar-refractivity contribution in [1.29, 1.82) is 0 Å². The zero-order chi connectivity index (χ0) is 19.9. The molecule has 0 aliphatic heterocycles. The fourth-order valence-electron chi connectivity index (χ4n) is 3.99. The van der Waals surface area contributed by atoms with Crippen molar-refractivity contribution in [1.82, 2.24) is 9.55 Å². The monoisotopic (exact) mass is 398 g/mol. The third kappa shape index (κ3) is 3.35. The summed E-state index contributed by atoms with van der Waals surface area (Å²) >= 11 is 0. The Morgan fingerprint density at radius 2 is 1.93 bits per heavy atom. The number of aryl methyl sites for hydroxylation is 1. The number of benzene rings is 1. The van der Waals surface area contributed by atoms with Crippen LogP contribution < -0.4 is 9.62 Å². The van der Waals surface area contributed by atoms with Crippen LogP contribution in [0.15, 0.2) is 42.7 Å². The van der Waals surface area contributed by atoms with E-state index in [-0.39, 0.29) is 5.25 Å². The Hall–Kier alpha value is -2.54. The van der Waals surface area contributed by atoms with Crippen LogP contribution in [0.1, 0.15) is 25.7 Å². The molecule has 148 valence electrons. The van der Waals surface area contributed by atoms with Crippen molar-refractivity contribution in [3.8, 4) is 11.1 Å². The number of nitrogens with one attached hydrogen (secondary N) is 1. The van der Waals surface area contributed by atoms with Gasteiger partial charge in [0.05, 0.1) is 16.3 Å². The molecule has 0 saturated heterocycles. The van der Waals surface area contributed by atoms with E-state index in [4.69, 9.17) is 0 Å². The number of sulfonamides is 1. The summed E-state index contributed by atoms with van der Waals surface area (Å²) in [6, 6.07) is 9.98. The molecule has 28 heavy (non-hydrogen) atoms. The molecule has 4 rings (SSSR count). The molecule has 2 aromatic heterocycles. The van der Waals surface area contributed by atoms with E-state index >= 15 is 0 Å². The Bertz CT molecular complexity index is 1110. The summed E-state index contributed by atoms with van der Waals surface area (Å²) in [5.41, 5.74) is 4.45. The lowest BCUT2D eigenvalue weighted by atomic mass is 10.0. The molecule has 1 aromatic carbocycles. The maximum atomic E-state index is 12.9. The highest BCUT2D eigenvalue weighted by Crippen LogP contribution is 2.37. The van der Waals surface area contributed by atoms with Crippen LogP contribution in [0.25, 0.3) is 22.2 Å². The number of pyridine rings is 1. The molecule has 0 atom stereocenters. The van der Waals surface area contributed by atoms with Crippen molar-refractivity contribution in [3.05, 3.63) is 42.7 Å². The maximum Gasteiger partial charge on any atom is 0.235 e. The highest BCUT2D eigenvalue weighted by molar-refractivity contribution is 7.93. The Kier molecular flexibility index (Phi) is 4.79. The van der Waals surface area contributed by atoms with Gasteiger partial charge in [-0.15, -0.1) is 0 Å². The van der Waals surface area contributed by atoms with Gasteiger partial charge in [0.15, 0.2) is 0 Å². The van der Waals surface area contributed by atoms with Crippen LogP contribution in [0.4, 0.5) is 11.4 Å². The second kappa shape index (κ2) is 7.13. The molecule has 1 aliphatic rings. The van der Waals surface area contributed by atoms with Crippen molar-refractivity contribution in [2.24, 2.45) is 7.05 Å². The Morgan fingerprint density at radius 1 is 1.18 bits per heavy atom. The van der Waals surface area contributed by atoms with E-state index in [1.807, 2.05) is 44.0 Å². The van der Waals surface area contributed by atoms with E-state index in [9.17, 15) is 8.42 Å². The largest absolute Gasteiger partial charge is 0.378 e. The molecular formula is C21H26N4O2S. The molecule has 1 fully saturated rings. The summed E-state index contributed by atoms with van der Waals surface area (Å²) < 4.78 is 30.6. The zero-order valence-electron chi connectivity index (χ0n) is 16.5. The summed E-state index contributed by atoms with van der Waals surface area (Å²) in [5.74, 6) is 0. The number of nitrogens with zero attached hydrogens (tertiary/aromatic N) is 3. The van der Waals surface area contributed by atoms with Gasteiger partial charge in [-0.25, -0.2) is 13.4 Å². The minimum absolute atomic E-state index is 0.306. The molecule has 0 radical (unpaired) electrons. The molecular weight excluding hydrogens is 372 g/mol. The predicted molar refractivity (Wildman–Crippen MR) is 115 cm³/mol. The fraction of sp³-hybridized carbons (Fsp3) is 0.381. The number of anilines is 2. The molecule has 3 aromatic rings. The Morgan fingerprint density at radius 3 is 2.64 bits per heavy atom. The predicted octanol–water partition coefficient (Wildman–Crippen LogP) is 3.99. The van der Waals surface area contributed by atoms with Crippen LogP contribution in [0.2, 0.25) is 0 Å². The number of rotatable bonds is 5. The summed E-state index contributed by atoms with van der Waals surface area (Å²) in [7, 11) is 2.53. The molecule has 1 N–H and O–H groups in total. The third-order valence-electron chi connectivity index (χ3n) is 5.52. The summed E-state index contributed by atoms with van der Waals surface area (Å²) in [5, 5.41) is 0.530. The molecule has 1 saturated carbocycles. The van der Waals surface area contributed by atoms with Crippen LogP contribution in [0.5, 0.6) is 0 Å². The van der Waals surface area contributed by atoms with Crippen LogP contribution in [-0.2, 0) is 17.1 Å². The third-order valence-corrected chi connectivity index (χ3v) is 7.38. The summed E-state index contributed by atoms with van der Waals surface area (Å²) in [4.78, 5) is 6.54. The molecule has 0 spiro atoms. The van der Waals surface area contributed by atoms with Crippen molar-refractivity contribution in [3.63, 3.8) is 0 Å². The normalized spacial score (nSPS) is 15.2. The van der Waals surface area contributed by atoms with Gasteiger partial charge < -0.3 is 9.47 Å². The lowest BCUT2D eigenvalue weighted by molar-refractivity contribution is 0.585. The topological polar surface area (TPSA) is 67.2 Å². The molecule has 0 bridgehead atoms. The van der Waals surface area contributed by atoms with Gasteiger partial charge in [0.2, 0.25) is 10.0 Å². The van der Waals surface area contributed by atoms with E-state index in [1.165, 1.54) is 0 Å². The smallest absolute Gasteiger partial charge is 0.235 e. The van der Waals surface area contributed by atoms with Crippen LogP contribution in [0.3, 0.4) is 0 Å². The second-order valence-electron chi connectivity index (χ2n) is 7.71. The summed E-state index contributed by atoms with van der Waals surface area (Å²) in [6.45, 7) is 0. The molecule has 2 heterocycles. The van der Waals surface area contributed by atoms with Gasteiger partial charge in [0.1, 0.15) is 5.65 Å². The quantitative estimate of drug-likeness (QED) is 0.706.